The molecule has 0 heterocycles. The number of halogens is 1. The quantitative estimate of drug-likeness (QED) is 0.830. The Morgan fingerprint density at radius 1 is 1.05 bits per heavy atom. The minimum atomic E-state index is -0.155. The highest BCUT2D eigenvalue weighted by molar-refractivity contribution is 5.53. The molecular weight excluding hydrogens is 249 g/mol. The summed E-state index contributed by atoms with van der Waals surface area (Å²) in [6, 6.07) is 7.62. The Hall–Kier alpha value is -1.15. The van der Waals surface area contributed by atoms with E-state index in [-0.39, 0.29) is 5.82 Å². The van der Waals surface area contributed by atoms with Crippen LogP contribution < -0.4 is 5.32 Å². The summed E-state index contributed by atoms with van der Waals surface area (Å²) in [5.74, 6) is 0.567. The minimum Gasteiger partial charge on any atom is -0.310 e. The van der Waals surface area contributed by atoms with Crippen LogP contribution in [0.3, 0.4) is 0 Å². The van der Waals surface area contributed by atoms with Gasteiger partial charge in [0, 0.05) is 12.6 Å². The van der Waals surface area contributed by atoms with Crippen molar-refractivity contribution < 1.29 is 4.39 Å². The highest BCUT2D eigenvalue weighted by Crippen LogP contribution is 2.31. The van der Waals surface area contributed by atoms with E-state index in [1.165, 1.54) is 50.5 Å². The average Bonchev–Trinajstić information content (AvgIpc) is 3.31. The number of hydrogen-bond donors (Lipinski definition) is 1. The van der Waals surface area contributed by atoms with Gasteiger partial charge in [-0.3, -0.25) is 0 Å². The predicted molar refractivity (Wildman–Crippen MR) is 82.0 cm³/mol. The van der Waals surface area contributed by atoms with Gasteiger partial charge in [0.15, 0.2) is 0 Å². The Kier molecular flexibility index (Phi) is 4.51. The smallest absolute Gasteiger partial charge is 0.123 e. The van der Waals surface area contributed by atoms with Crippen molar-refractivity contribution >= 4 is 6.08 Å². The SMILES string of the molecule is Fc1ccc(/C=C(/CNC2CC2)C2CCCCC2)cc1. The van der Waals surface area contributed by atoms with Crippen molar-refractivity contribution in [2.75, 3.05) is 6.54 Å². The molecular formula is C18H24FN. The molecule has 1 aromatic carbocycles. The zero-order chi connectivity index (χ0) is 13.8. The first-order chi connectivity index (χ1) is 9.81. The highest BCUT2D eigenvalue weighted by atomic mass is 19.1. The van der Waals surface area contributed by atoms with Crippen LogP contribution in [0.25, 0.3) is 6.08 Å². The van der Waals surface area contributed by atoms with Gasteiger partial charge in [-0.2, -0.15) is 0 Å². The molecule has 0 saturated heterocycles. The lowest BCUT2D eigenvalue weighted by Crippen LogP contribution is -2.24. The molecule has 2 fully saturated rings. The third-order valence-electron chi connectivity index (χ3n) is 4.52. The largest absolute Gasteiger partial charge is 0.310 e. The third kappa shape index (κ3) is 3.92. The molecule has 0 aromatic heterocycles. The number of rotatable bonds is 5. The van der Waals surface area contributed by atoms with Gasteiger partial charge in [0.05, 0.1) is 0 Å². The summed E-state index contributed by atoms with van der Waals surface area (Å²) in [7, 11) is 0. The zero-order valence-corrected chi connectivity index (χ0v) is 12.1. The molecule has 1 N–H and O–H groups in total. The summed E-state index contributed by atoms with van der Waals surface area (Å²) >= 11 is 0. The van der Waals surface area contributed by atoms with Crippen molar-refractivity contribution in [3.8, 4) is 0 Å². The second kappa shape index (κ2) is 6.53. The van der Waals surface area contributed by atoms with E-state index in [0.717, 1.165) is 24.1 Å². The van der Waals surface area contributed by atoms with Crippen molar-refractivity contribution in [1.29, 1.82) is 0 Å². The van der Waals surface area contributed by atoms with Crippen LogP contribution in [0, 0.1) is 11.7 Å². The van der Waals surface area contributed by atoms with Crippen molar-refractivity contribution in [3.05, 3.63) is 41.2 Å². The van der Waals surface area contributed by atoms with Gasteiger partial charge in [0.1, 0.15) is 5.82 Å². The minimum absolute atomic E-state index is 0.155. The molecule has 3 rings (SSSR count). The number of benzene rings is 1. The maximum atomic E-state index is 13.0. The second-order valence-corrected chi connectivity index (χ2v) is 6.26. The van der Waals surface area contributed by atoms with Crippen molar-refractivity contribution in [3.63, 3.8) is 0 Å². The van der Waals surface area contributed by atoms with Crippen molar-refractivity contribution in [2.24, 2.45) is 5.92 Å². The van der Waals surface area contributed by atoms with Crippen LogP contribution in [-0.4, -0.2) is 12.6 Å². The first kappa shape index (κ1) is 13.8. The standard InChI is InChI=1S/C18H24FN/c19-17-8-6-14(7-9-17)12-16(13-20-18-10-11-18)15-4-2-1-3-5-15/h6-9,12,15,18,20H,1-5,10-11,13H2/b16-12-. The second-order valence-electron chi connectivity index (χ2n) is 6.26. The molecule has 0 bridgehead atoms. The van der Waals surface area contributed by atoms with Crippen LogP contribution in [0.1, 0.15) is 50.5 Å². The molecule has 2 heteroatoms. The summed E-state index contributed by atoms with van der Waals surface area (Å²) in [4.78, 5) is 0. The van der Waals surface area contributed by atoms with Crippen molar-refractivity contribution in [1.82, 2.24) is 5.32 Å². The lowest BCUT2D eigenvalue weighted by molar-refractivity contribution is 0.396. The van der Waals surface area contributed by atoms with E-state index in [2.05, 4.69) is 11.4 Å². The molecule has 1 aromatic rings. The van der Waals surface area contributed by atoms with Gasteiger partial charge in [-0.15, -0.1) is 0 Å². The van der Waals surface area contributed by atoms with E-state index in [9.17, 15) is 4.39 Å². The van der Waals surface area contributed by atoms with Crippen LogP contribution in [0.5, 0.6) is 0 Å². The van der Waals surface area contributed by atoms with Gasteiger partial charge < -0.3 is 5.32 Å². The normalized spacial score (nSPS) is 21.1. The molecule has 0 spiro atoms. The lowest BCUT2D eigenvalue weighted by Gasteiger charge is -2.25. The van der Waals surface area contributed by atoms with E-state index in [0.29, 0.717) is 0 Å². The Morgan fingerprint density at radius 3 is 2.40 bits per heavy atom. The van der Waals surface area contributed by atoms with Gasteiger partial charge >= 0.3 is 0 Å². The van der Waals surface area contributed by atoms with E-state index in [1.54, 1.807) is 12.1 Å². The molecule has 2 saturated carbocycles. The lowest BCUT2D eigenvalue weighted by atomic mass is 9.83. The zero-order valence-electron chi connectivity index (χ0n) is 12.1. The molecule has 1 nitrogen and oxygen atoms in total. The molecule has 0 atom stereocenters. The molecule has 0 amide bonds. The Balaban J connectivity index is 1.73. The highest BCUT2D eigenvalue weighted by Gasteiger charge is 2.23. The van der Waals surface area contributed by atoms with Crippen LogP contribution in [0.2, 0.25) is 0 Å². The molecule has 0 unspecified atom stereocenters. The van der Waals surface area contributed by atoms with Gasteiger partial charge in [0.25, 0.3) is 0 Å². The summed E-state index contributed by atoms with van der Waals surface area (Å²) in [5, 5.41) is 3.64. The molecule has 0 aliphatic heterocycles. The first-order valence-electron chi connectivity index (χ1n) is 8.01. The van der Waals surface area contributed by atoms with Crippen LogP contribution in [0.4, 0.5) is 4.39 Å². The van der Waals surface area contributed by atoms with Gasteiger partial charge in [-0.1, -0.05) is 43.0 Å². The fourth-order valence-corrected chi connectivity index (χ4v) is 3.11. The molecule has 2 aliphatic rings. The Bertz CT molecular complexity index is 453. The predicted octanol–water partition coefficient (Wildman–Crippen LogP) is 4.54. The summed E-state index contributed by atoms with van der Waals surface area (Å²) in [6.07, 6.45) is 11.7. The Labute approximate surface area is 121 Å². The summed E-state index contributed by atoms with van der Waals surface area (Å²) in [5.41, 5.74) is 2.65. The average molecular weight is 273 g/mol. The summed E-state index contributed by atoms with van der Waals surface area (Å²) < 4.78 is 13.0. The topological polar surface area (TPSA) is 12.0 Å². The third-order valence-corrected chi connectivity index (χ3v) is 4.52. The molecule has 2 aliphatic carbocycles. The number of nitrogens with one attached hydrogen (secondary N) is 1. The van der Waals surface area contributed by atoms with E-state index >= 15 is 0 Å². The van der Waals surface area contributed by atoms with Crippen LogP contribution in [-0.2, 0) is 0 Å². The maximum absolute atomic E-state index is 13.0. The van der Waals surface area contributed by atoms with E-state index in [1.807, 2.05) is 12.1 Å². The fraction of sp³-hybridized carbons (Fsp3) is 0.556. The first-order valence-corrected chi connectivity index (χ1v) is 8.01. The van der Waals surface area contributed by atoms with E-state index in [4.69, 9.17) is 0 Å². The monoisotopic (exact) mass is 273 g/mol. The fourth-order valence-electron chi connectivity index (χ4n) is 3.11. The number of hydrogen-bond acceptors (Lipinski definition) is 1. The maximum Gasteiger partial charge on any atom is 0.123 e. The van der Waals surface area contributed by atoms with Crippen LogP contribution >= 0.6 is 0 Å². The summed E-state index contributed by atoms with van der Waals surface area (Å²) in [6.45, 7) is 1.01. The molecule has 108 valence electrons. The molecule has 20 heavy (non-hydrogen) atoms. The van der Waals surface area contributed by atoms with Crippen LogP contribution in [0.15, 0.2) is 29.8 Å². The van der Waals surface area contributed by atoms with Crippen molar-refractivity contribution in [2.45, 2.75) is 51.0 Å². The van der Waals surface area contributed by atoms with Gasteiger partial charge in [-0.05, 0) is 49.3 Å². The van der Waals surface area contributed by atoms with E-state index < -0.39 is 0 Å². The Morgan fingerprint density at radius 2 is 1.75 bits per heavy atom. The van der Waals surface area contributed by atoms with Gasteiger partial charge in [0.2, 0.25) is 0 Å². The van der Waals surface area contributed by atoms with Gasteiger partial charge in [-0.25, -0.2) is 4.39 Å². The molecule has 0 radical (unpaired) electrons.